The Morgan fingerprint density at radius 3 is 2.48 bits per heavy atom. The molecule has 4 rings (SSSR count). The standard InChI is InChI=1S/C22H19ClN4O2/c1-29-19-9-4-16(5-10-19)14-27-21-11-6-17(12-20(21)25-26-27)22(28)24-13-15-2-7-18(23)8-3-15/h2-12H,13-14H2,1H3,(H,24,28). The van der Waals surface area contributed by atoms with Crippen molar-refractivity contribution < 1.29 is 9.53 Å². The predicted octanol–water partition coefficient (Wildman–Crippen LogP) is 4.07. The van der Waals surface area contributed by atoms with Crippen LogP contribution in [-0.2, 0) is 13.1 Å². The third-order valence-corrected chi connectivity index (χ3v) is 4.89. The number of nitrogens with one attached hydrogen (secondary N) is 1. The predicted molar refractivity (Wildman–Crippen MR) is 112 cm³/mol. The highest BCUT2D eigenvalue weighted by Crippen LogP contribution is 2.17. The molecule has 3 aromatic carbocycles. The Labute approximate surface area is 173 Å². The van der Waals surface area contributed by atoms with E-state index in [4.69, 9.17) is 16.3 Å². The van der Waals surface area contributed by atoms with E-state index in [2.05, 4.69) is 15.6 Å². The fraction of sp³-hybridized carbons (Fsp3) is 0.136. The molecule has 1 amide bonds. The summed E-state index contributed by atoms with van der Waals surface area (Å²) in [6.07, 6.45) is 0. The number of nitrogens with zero attached hydrogens (tertiary/aromatic N) is 3. The summed E-state index contributed by atoms with van der Waals surface area (Å²) >= 11 is 5.88. The van der Waals surface area contributed by atoms with Crippen molar-refractivity contribution in [2.45, 2.75) is 13.1 Å². The van der Waals surface area contributed by atoms with Crippen LogP contribution < -0.4 is 10.1 Å². The highest BCUT2D eigenvalue weighted by molar-refractivity contribution is 6.30. The van der Waals surface area contributed by atoms with Gasteiger partial charge in [-0.2, -0.15) is 0 Å². The minimum absolute atomic E-state index is 0.161. The van der Waals surface area contributed by atoms with Gasteiger partial charge in [0.25, 0.3) is 5.91 Å². The lowest BCUT2D eigenvalue weighted by molar-refractivity contribution is 0.0951. The number of halogens is 1. The van der Waals surface area contributed by atoms with Crippen LogP contribution in [0.15, 0.2) is 66.7 Å². The van der Waals surface area contributed by atoms with Gasteiger partial charge in [0, 0.05) is 17.1 Å². The average Bonchev–Trinajstić information content (AvgIpc) is 3.15. The van der Waals surface area contributed by atoms with Crippen molar-refractivity contribution in [1.82, 2.24) is 20.3 Å². The second-order valence-electron chi connectivity index (χ2n) is 6.61. The zero-order chi connectivity index (χ0) is 20.2. The summed E-state index contributed by atoms with van der Waals surface area (Å²) in [5.74, 6) is 0.651. The third-order valence-electron chi connectivity index (χ3n) is 4.63. The molecule has 1 aromatic heterocycles. The molecule has 1 N–H and O–H groups in total. The van der Waals surface area contributed by atoms with Crippen LogP contribution in [-0.4, -0.2) is 28.0 Å². The van der Waals surface area contributed by atoms with Crippen LogP contribution in [0.3, 0.4) is 0 Å². The molecule has 6 nitrogen and oxygen atoms in total. The second kappa shape index (κ2) is 8.32. The normalized spacial score (nSPS) is 10.8. The number of ether oxygens (including phenoxy) is 1. The smallest absolute Gasteiger partial charge is 0.251 e. The minimum Gasteiger partial charge on any atom is -0.497 e. The number of carbonyl (C=O) groups excluding carboxylic acids is 1. The van der Waals surface area contributed by atoms with E-state index >= 15 is 0 Å². The van der Waals surface area contributed by atoms with E-state index in [1.807, 2.05) is 47.1 Å². The Morgan fingerprint density at radius 1 is 1.03 bits per heavy atom. The zero-order valence-electron chi connectivity index (χ0n) is 15.8. The summed E-state index contributed by atoms with van der Waals surface area (Å²) in [6.45, 7) is 1.01. The lowest BCUT2D eigenvalue weighted by Crippen LogP contribution is -2.22. The van der Waals surface area contributed by atoms with Crippen LogP contribution in [0, 0.1) is 0 Å². The molecule has 0 unspecified atom stereocenters. The number of hydrogen-bond donors (Lipinski definition) is 1. The van der Waals surface area contributed by atoms with Crippen molar-refractivity contribution in [3.8, 4) is 5.75 Å². The lowest BCUT2D eigenvalue weighted by atomic mass is 10.1. The van der Waals surface area contributed by atoms with Gasteiger partial charge in [-0.3, -0.25) is 4.79 Å². The molecule has 0 aliphatic rings. The first-order valence-electron chi connectivity index (χ1n) is 9.11. The molecule has 146 valence electrons. The number of methoxy groups -OCH3 is 1. The quantitative estimate of drug-likeness (QED) is 0.524. The van der Waals surface area contributed by atoms with Gasteiger partial charge in [0.1, 0.15) is 11.3 Å². The number of rotatable bonds is 6. The van der Waals surface area contributed by atoms with Crippen LogP contribution in [0.1, 0.15) is 21.5 Å². The maximum atomic E-state index is 12.5. The van der Waals surface area contributed by atoms with Gasteiger partial charge in [-0.25, -0.2) is 4.68 Å². The molecule has 7 heteroatoms. The number of fused-ring (bicyclic) bond motifs is 1. The van der Waals surface area contributed by atoms with E-state index in [1.54, 1.807) is 31.4 Å². The van der Waals surface area contributed by atoms with Gasteiger partial charge >= 0.3 is 0 Å². The van der Waals surface area contributed by atoms with Crippen LogP contribution in [0.25, 0.3) is 11.0 Å². The Morgan fingerprint density at radius 2 is 1.76 bits per heavy atom. The third kappa shape index (κ3) is 4.38. The molecular weight excluding hydrogens is 388 g/mol. The molecule has 0 bridgehead atoms. The number of hydrogen-bond acceptors (Lipinski definition) is 4. The topological polar surface area (TPSA) is 69.0 Å². The Kier molecular flexibility index (Phi) is 5.44. The van der Waals surface area contributed by atoms with Gasteiger partial charge in [0.15, 0.2) is 0 Å². The first kappa shape index (κ1) is 19.0. The van der Waals surface area contributed by atoms with Gasteiger partial charge in [0.05, 0.1) is 19.2 Å². The van der Waals surface area contributed by atoms with Crippen molar-refractivity contribution in [3.05, 3.63) is 88.4 Å². The SMILES string of the molecule is COc1ccc(Cn2nnc3cc(C(=O)NCc4ccc(Cl)cc4)ccc32)cc1. The molecule has 0 atom stereocenters. The Bertz CT molecular complexity index is 1140. The lowest BCUT2D eigenvalue weighted by Gasteiger charge is -2.07. The molecule has 29 heavy (non-hydrogen) atoms. The monoisotopic (exact) mass is 406 g/mol. The largest absolute Gasteiger partial charge is 0.497 e. The molecule has 1 heterocycles. The highest BCUT2D eigenvalue weighted by atomic mass is 35.5. The fourth-order valence-electron chi connectivity index (χ4n) is 3.02. The van der Waals surface area contributed by atoms with Gasteiger partial charge in [-0.1, -0.05) is 41.1 Å². The summed E-state index contributed by atoms with van der Waals surface area (Å²) in [5.41, 5.74) is 4.16. The molecule has 0 aliphatic carbocycles. The van der Waals surface area contributed by atoms with E-state index in [0.717, 1.165) is 22.4 Å². The summed E-state index contributed by atoms with van der Waals surface area (Å²) < 4.78 is 7.00. The first-order chi connectivity index (χ1) is 14.1. The molecular formula is C22H19ClN4O2. The van der Waals surface area contributed by atoms with Crippen molar-refractivity contribution in [3.63, 3.8) is 0 Å². The van der Waals surface area contributed by atoms with E-state index in [0.29, 0.717) is 29.2 Å². The number of amides is 1. The van der Waals surface area contributed by atoms with Crippen molar-refractivity contribution in [2.24, 2.45) is 0 Å². The molecule has 0 radical (unpaired) electrons. The first-order valence-corrected chi connectivity index (χ1v) is 9.49. The maximum Gasteiger partial charge on any atom is 0.251 e. The summed E-state index contributed by atoms with van der Waals surface area (Å²) in [6, 6.07) is 20.6. The van der Waals surface area contributed by atoms with Gasteiger partial charge < -0.3 is 10.1 Å². The van der Waals surface area contributed by atoms with Crippen molar-refractivity contribution in [2.75, 3.05) is 7.11 Å². The van der Waals surface area contributed by atoms with Gasteiger partial charge in [-0.05, 0) is 53.6 Å². The van der Waals surface area contributed by atoms with Crippen LogP contribution in [0.5, 0.6) is 5.75 Å². The Hall–Kier alpha value is -3.38. The molecule has 0 spiro atoms. The average molecular weight is 407 g/mol. The molecule has 0 aliphatic heterocycles. The summed E-state index contributed by atoms with van der Waals surface area (Å²) in [7, 11) is 1.64. The van der Waals surface area contributed by atoms with Crippen molar-refractivity contribution >= 4 is 28.5 Å². The summed E-state index contributed by atoms with van der Waals surface area (Å²) in [4.78, 5) is 12.5. The molecule has 0 fully saturated rings. The van der Waals surface area contributed by atoms with Crippen LogP contribution >= 0.6 is 11.6 Å². The van der Waals surface area contributed by atoms with Crippen LogP contribution in [0.4, 0.5) is 0 Å². The van der Waals surface area contributed by atoms with E-state index in [-0.39, 0.29) is 5.91 Å². The van der Waals surface area contributed by atoms with E-state index in [9.17, 15) is 4.79 Å². The van der Waals surface area contributed by atoms with Crippen LogP contribution in [0.2, 0.25) is 5.02 Å². The Balaban J connectivity index is 1.46. The number of benzene rings is 3. The highest BCUT2D eigenvalue weighted by Gasteiger charge is 2.11. The summed E-state index contributed by atoms with van der Waals surface area (Å²) in [5, 5.41) is 12.0. The molecule has 0 saturated heterocycles. The number of carbonyl (C=O) groups is 1. The molecule has 4 aromatic rings. The van der Waals surface area contributed by atoms with E-state index in [1.165, 1.54) is 0 Å². The van der Waals surface area contributed by atoms with Gasteiger partial charge in [0.2, 0.25) is 0 Å². The second-order valence-corrected chi connectivity index (χ2v) is 7.04. The zero-order valence-corrected chi connectivity index (χ0v) is 16.6. The maximum absolute atomic E-state index is 12.5. The molecule has 0 saturated carbocycles. The number of aromatic nitrogens is 3. The fourth-order valence-corrected chi connectivity index (χ4v) is 3.15. The van der Waals surface area contributed by atoms with E-state index < -0.39 is 0 Å². The minimum atomic E-state index is -0.161. The van der Waals surface area contributed by atoms with Crippen molar-refractivity contribution in [1.29, 1.82) is 0 Å². The van der Waals surface area contributed by atoms with Gasteiger partial charge in [-0.15, -0.1) is 5.10 Å².